The van der Waals surface area contributed by atoms with Gasteiger partial charge in [0.1, 0.15) is 0 Å². The van der Waals surface area contributed by atoms with Crippen molar-refractivity contribution in [3.8, 4) is 0 Å². The maximum Gasteiger partial charge on any atom is 0.216 e. The van der Waals surface area contributed by atoms with Gasteiger partial charge in [-0.05, 0) is 6.42 Å². The van der Waals surface area contributed by atoms with Crippen LogP contribution in [0.4, 0.5) is 0 Å². The van der Waals surface area contributed by atoms with E-state index in [1.54, 1.807) is 0 Å². The van der Waals surface area contributed by atoms with Gasteiger partial charge >= 0.3 is 0 Å². The van der Waals surface area contributed by atoms with Crippen molar-refractivity contribution < 1.29 is 4.42 Å². The van der Waals surface area contributed by atoms with Crippen LogP contribution in [-0.4, -0.2) is 16.1 Å². The first-order chi connectivity index (χ1) is 5.36. The molecule has 1 rings (SSSR count). The lowest BCUT2D eigenvalue weighted by Gasteiger charge is -1.87. The minimum absolute atomic E-state index is 0.643. The molecule has 0 saturated heterocycles. The first kappa shape index (κ1) is 8.53. The van der Waals surface area contributed by atoms with Crippen LogP contribution in [0.1, 0.15) is 25.1 Å². The fraction of sp³-hybridized carbons (Fsp3) is 0.714. The van der Waals surface area contributed by atoms with Gasteiger partial charge < -0.3 is 4.42 Å². The third-order valence-corrected chi connectivity index (χ3v) is 1.60. The zero-order valence-corrected chi connectivity index (χ0v) is 7.26. The third kappa shape index (κ3) is 2.50. The Morgan fingerprint density at radius 3 is 2.64 bits per heavy atom. The molecule has 1 aromatic heterocycles. The lowest BCUT2D eigenvalue weighted by atomic mass is 10.3. The summed E-state index contributed by atoms with van der Waals surface area (Å²) in [7, 11) is 0. The second-order valence-electron chi connectivity index (χ2n) is 2.24. The molecule has 62 valence electrons. The maximum absolute atomic E-state index is 5.50. The Balaban J connectivity index is 2.44. The topological polar surface area (TPSA) is 38.9 Å². The summed E-state index contributed by atoms with van der Waals surface area (Å²) in [4.78, 5) is 0. The molecule has 0 saturated carbocycles. The zero-order chi connectivity index (χ0) is 8.10. The molecule has 0 aromatic carbocycles. The molecule has 0 aliphatic heterocycles. The minimum atomic E-state index is 0.643. The summed E-state index contributed by atoms with van der Waals surface area (Å²) in [6.45, 7) is 1.98. The van der Waals surface area contributed by atoms with Gasteiger partial charge in [-0.25, -0.2) is 0 Å². The van der Waals surface area contributed by atoms with Crippen LogP contribution in [0.3, 0.4) is 0 Å². The van der Waals surface area contributed by atoms with Crippen LogP contribution >= 0.6 is 11.6 Å². The lowest BCUT2D eigenvalue weighted by molar-refractivity contribution is 0.452. The van der Waals surface area contributed by atoms with Crippen LogP contribution in [0, 0.1) is 0 Å². The second kappa shape index (κ2) is 4.34. The number of aryl methyl sites for hydroxylation is 2. The van der Waals surface area contributed by atoms with Crippen molar-refractivity contribution in [3.05, 3.63) is 11.8 Å². The number of hydrogen-bond donors (Lipinski definition) is 0. The number of nitrogens with zero attached hydrogens (tertiary/aromatic N) is 2. The Kier molecular flexibility index (Phi) is 3.36. The number of aromatic nitrogens is 2. The smallest absolute Gasteiger partial charge is 0.216 e. The molecule has 0 N–H and O–H groups in total. The second-order valence-corrected chi connectivity index (χ2v) is 2.61. The van der Waals surface area contributed by atoms with E-state index in [1.807, 2.05) is 6.92 Å². The molecule has 3 nitrogen and oxygen atoms in total. The van der Waals surface area contributed by atoms with Crippen molar-refractivity contribution in [2.75, 3.05) is 5.88 Å². The van der Waals surface area contributed by atoms with Gasteiger partial charge in [0.15, 0.2) is 0 Å². The standard InChI is InChI=1S/C7H11ClN2O/c1-2-6-9-10-7(11-6)4-3-5-8/h2-5H2,1H3. The minimum Gasteiger partial charge on any atom is -0.425 e. The predicted octanol–water partition coefficient (Wildman–Crippen LogP) is 1.80. The summed E-state index contributed by atoms with van der Waals surface area (Å²) in [6, 6.07) is 0. The molecule has 1 aromatic rings. The molecule has 0 spiro atoms. The Morgan fingerprint density at radius 1 is 1.36 bits per heavy atom. The van der Waals surface area contributed by atoms with E-state index in [9.17, 15) is 0 Å². The first-order valence-electron chi connectivity index (χ1n) is 3.74. The molecule has 0 atom stereocenters. The van der Waals surface area contributed by atoms with Crippen molar-refractivity contribution in [2.45, 2.75) is 26.2 Å². The average molecular weight is 175 g/mol. The van der Waals surface area contributed by atoms with Crippen molar-refractivity contribution in [2.24, 2.45) is 0 Å². The van der Waals surface area contributed by atoms with E-state index >= 15 is 0 Å². The normalized spacial score (nSPS) is 10.4. The zero-order valence-electron chi connectivity index (χ0n) is 6.51. The summed E-state index contributed by atoms with van der Waals surface area (Å²) in [5.74, 6) is 2.04. The highest BCUT2D eigenvalue weighted by Crippen LogP contribution is 2.03. The van der Waals surface area contributed by atoms with E-state index in [0.29, 0.717) is 17.7 Å². The lowest BCUT2D eigenvalue weighted by Crippen LogP contribution is -1.85. The van der Waals surface area contributed by atoms with E-state index in [-0.39, 0.29) is 0 Å². The summed E-state index contributed by atoms with van der Waals surface area (Å²) in [5.41, 5.74) is 0. The SMILES string of the molecule is CCc1nnc(CCCCl)o1. The average Bonchev–Trinajstić information content (AvgIpc) is 2.48. The van der Waals surface area contributed by atoms with E-state index < -0.39 is 0 Å². The molecular weight excluding hydrogens is 164 g/mol. The largest absolute Gasteiger partial charge is 0.425 e. The molecule has 1 heterocycles. The fourth-order valence-electron chi connectivity index (χ4n) is 0.750. The highest BCUT2D eigenvalue weighted by molar-refractivity contribution is 6.17. The van der Waals surface area contributed by atoms with Gasteiger partial charge in [0.2, 0.25) is 11.8 Å². The Bertz CT molecular complexity index is 212. The maximum atomic E-state index is 5.50. The van der Waals surface area contributed by atoms with Gasteiger partial charge in [-0.2, -0.15) is 0 Å². The monoisotopic (exact) mass is 174 g/mol. The molecule has 0 aliphatic rings. The van der Waals surface area contributed by atoms with E-state index in [2.05, 4.69) is 10.2 Å². The molecule has 0 aliphatic carbocycles. The van der Waals surface area contributed by atoms with Gasteiger partial charge in [0, 0.05) is 18.7 Å². The quantitative estimate of drug-likeness (QED) is 0.654. The molecular formula is C7H11ClN2O. The van der Waals surface area contributed by atoms with Crippen molar-refractivity contribution >= 4 is 11.6 Å². The highest BCUT2D eigenvalue weighted by Gasteiger charge is 2.02. The highest BCUT2D eigenvalue weighted by atomic mass is 35.5. The molecule has 0 bridgehead atoms. The first-order valence-corrected chi connectivity index (χ1v) is 4.27. The Hall–Kier alpha value is -0.570. The van der Waals surface area contributed by atoms with Gasteiger partial charge in [-0.15, -0.1) is 21.8 Å². The fourth-order valence-corrected chi connectivity index (χ4v) is 0.884. The molecule has 0 radical (unpaired) electrons. The van der Waals surface area contributed by atoms with Crippen molar-refractivity contribution in [1.29, 1.82) is 0 Å². The van der Waals surface area contributed by atoms with Crippen LogP contribution in [0.15, 0.2) is 4.42 Å². The van der Waals surface area contributed by atoms with Crippen LogP contribution in [0.5, 0.6) is 0 Å². The summed E-state index contributed by atoms with van der Waals surface area (Å²) >= 11 is 5.50. The molecule has 0 amide bonds. The Morgan fingerprint density at radius 2 is 2.09 bits per heavy atom. The van der Waals surface area contributed by atoms with Crippen LogP contribution in [0.2, 0.25) is 0 Å². The van der Waals surface area contributed by atoms with E-state index in [4.69, 9.17) is 16.0 Å². The number of alkyl halides is 1. The van der Waals surface area contributed by atoms with E-state index in [1.165, 1.54) is 0 Å². The van der Waals surface area contributed by atoms with Gasteiger partial charge in [-0.1, -0.05) is 6.92 Å². The van der Waals surface area contributed by atoms with Gasteiger partial charge in [-0.3, -0.25) is 0 Å². The van der Waals surface area contributed by atoms with Crippen LogP contribution < -0.4 is 0 Å². The summed E-state index contributed by atoms with van der Waals surface area (Å²) in [6.07, 6.45) is 2.48. The van der Waals surface area contributed by atoms with E-state index in [0.717, 1.165) is 19.3 Å². The van der Waals surface area contributed by atoms with Gasteiger partial charge in [0.05, 0.1) is 0 Å². The molecule has 11 heavy (non-hydrogen) atoms. The molecule has 4 heteroatoms. The van der Waals surface area contributed by atoms with Crippen molar-refractivity contribution in [3.63, 3.8) is 0 Å². The number of halogens is 1. The Labute approximate surface area is 70.8 Å². The molecule has 0 unspecified atom stereocenters. The third-order valence-electron chi connectivity index (χ3n) is 1.34. The summed E-state index contributed by atoms with van der Waals surface area (Å²) < 4.78 is 5.25. The van der Waals surface area contributed by atoms with Gasteiger partial charge in [0.25, 0.3) is 0 Å². The number of hydrogen-bond acceptors (Lipinski definition) is 3. The summed E-state index contributed by atoms with van der Waals surface area (Å²) in [5, 5.41) is 7.68. The molecule has 0 fully saturated rings. The number of rotatable bonds is 4. The van der Waals surface area contributed by atoms with Crippen LogP contribution in [0.25, 0.3) is 0 Å². The predicted molar refractivity (Wildman–Crippen MR) is 42.7 cm³/mol. The van der Waals surface area contributed by atoms with Crippen molar-refractivity contribution in [1.82, 2.24) is 10.2 Å². The van der Waals surface area contributed by atoms with Crippen LogP contribution in [-0.2, 0) is 12.8 Å².